The van der Waals surface area contributed by atoms with Crippen molar-refractivity contribution in [3.63, 3.8) is 0 Å². The van der Waals surface area contributed by atoms with Gasteiger partial charge >= 0.3 is 0 Å². The van der Waals surface area contributed by atoms with Crippen LogP contribution in [0.3, 0.4) is 0 Å². The number of nitrogens with one attached hydrogen (secondary N) is 1. The number of pyridine rings is 1. The Morgan fingerprint density at radius 2 is 2.03 bits per heavy atom. The van der Waals surface area contributed by atoms with Gasteiger partial charge in [0.1, 0.15) is 0 Å². The predicted octanol–water partition coefficient (Wildman–Crippen LogP) is 3.49. The molecule has 2 aliphatic rings. The Bertz CT molecular complexity index is 1260. The third kappa shape index (κ3) is 4.64. The van der Waals surface area contributed by atoms with Gasteiger partial charge in [-0.1, -0.05) is 17.6 Å². The molecule has 180 valence electrons. The van der Waals surface area contributed by atoms with E-state index >= 15 is 0 Å². The minimum Gasteiger partial charge on any atom is -0.350 e. The average molecular weight is 502 g/mol. The maximum absolute atomic E-state index is 13.4. The lowest BCUT2D eigenvalue weighted by molar-refractivity contribution is -0.126. The Balaban J connectivity index is 1.22. The van der Waals surface area contributed by atoms with E-state index in [0.717, 1.165) is 18.5 Å². The summed E-state index contributed by atoms with van der Waals surface area (Å²) in [7, 11) is -3.67. The van der Waals surface area contributed by atoms with Gasteiger partial charge in [-0.15, -0.1) is 11.3 Å². The number of amides is 1. The van der Waals surface area contributed by atoms with E-state index in [2.05, 4.69) is 20.4 Å². The van der Waals surface area contributed by atoms with E-state index in [1.807, 2.05) is 18.2 Å². The van der Waals surface area contributed by atoms with Gasteiger partial charge < -0.3 is 9.84 Å². The molecule has 0 radical (unpaired) electrons. The largest absolute Gasteiger partial charge is 0.350 e. The average Bonchev–Trinajstić information content (AvgIpc) is 3.44. The molecule has 0 bridgehead atoms. The van der Waals surface area contributed by atoms with Crippen molar-refractivity contribution in [3.05, 3.63) is 46.9 Å². The van der Waals surface area contributed by atoms with Gasteiger partial charge in [0.15, 0.2) is 0 Å². The maximum Gasteiger partial charge on any atom is 0.244 e. The molecule has 2 fully saturated rings. The summed E-state index contributed by atoms with van der Waals surface area (Å²) < 4.78 is 33.6. The standard InChI is InChI=1S/C23H27N5O4S2/c1-15-20(13-19(33-15)21-26-23(32-27-21)17-5-4-6-17)34(30,31)28-11-8-16(9-12-28)22(29)25-14-18-7-2-3-10-24-18/h2-3,7,10,13,16-17H,4-6,8-9,11-12,14H2,1H3,(H,25,29). The summed E-state index contributed by atoms with van der Waals surface area (Å²) >= 11 is 1.36. The molecular weight excluding hydrogens is 474 g/mol. The molecule has 3 aromatic rings. The maximum atomic E-state index is 13.4. The molecule has 1 aliphatic heterocycles. The number of nitrogens with zero attached hydrogens (tertiary/aromatic N) is 4. The van der Waals surface area contributed by atoms with Gasteiger partial charge in [-0.05, 0) is 50.8 Å². The molecule has 0 aromatic carbocycles. The van der Waals surface area contributed by atoms with Crippen molar-refractivity contribution < 1.29 is 17.7 Å². The Morgan fingerprint density at radius 3 is 2.71 bits per heavy atom. The zero-order chi connectivity index (χ0) is 23.7. The van der Waals surface area contributed by atoms with Gasteiger partial charge in [-0.3, -0.25) is 9.78 Å². The molecule has 5 rings (SSSR count). The third-order valence-electron chi connectivity index (χ3n) is 6.60. The molecule has 1 amide bonds. The lowest BCUT2D eigenvalue weighted by Crippen LogP contribution is -2.42. The molecule has 1 N–H and O–H groups in total. The molecule has 34 heavy (non-hydrogen) atoms. The third-order valence-corrected chi connectivity index (χ3v) is 9.80. The normalized spacial score (nSPS) is 18.0. The molecule has 1 saturated heterocycles. The molecule has 9 nitrogen and oxygen atoms in total. The number of hydrogen-bond donors (Lipinski definition) is 1. The highest BCUT2D eigenvalue weighted by molar-refractivity contribution is 7.89. The highest BCUT2D eigenvalue weighted by Gasteiger charge is 2.34. The van der Waals surface area contributed by atoms with E-state index in [9.17, 15) is 13.2 Å². The van der Waals surface area contributed by atoms with Crippen LogP contribution in [-0.2, 0) is 21.4 Å². The van der Waals surface area contributed by atoms with Gasteiger partial charge in [0.05, 0.1) is 22.0 Å². The van der Waals surface area contributed by atoms with E-state index in [1.165, 1.54) is 22.1 Å². The number of carbonyl (C=O) groups is 1. The minimum atomic E-state index is -3.67. The molecule has 11 heteroatoms. The summed E-state index contributed by atoms with van der Waals surface area (Å²) in [5, 5.41) is 6.99. The first-order valence-electron chi connectivity index (χ1n) is 11.5. The van der Waals surface area contributed by atoms with E-state index in [-0.39, 0.29) is 16.7 Å². The van der Waals surface area contributed by atoms with Crippen molar-refractivity contribution in [2.75, 3.05) is 13.1 Å². The number of rotatable bonds is 7. The first-order chi connectivity index (χ1) is 16.4. The zero-order valence-electron chi connectivity index (χ0n) is 18.9. The first-order valence-corrected chi connectivity index (χ1v) is 13.8. The van der Waals surface area contributed by atoms with Crippen LogP contribution in [0.1, 0.15) is 54.5 Å². The van der Waals surface area contributed by atoms with Crippen LogP contribution in [0, 0.1) is 12.8 Å². The fourth-order valence-corrected chi connectivity index (χ4v) is 7.27. The van der Waals surface area contributed by atoms with Crippen LogP contribution in [0.15, 0.2) is 39.9 Å². The number of sulfonamides is 1. The molecule has 1 saturated carbocycles. The van der Waals surface area contributed by atoms with E-state index in [1.54, 1.807) is 19.2 Å². The van der Waals surface area contributed by atoms with Crippen molar-refractivity contribution in [2.45, 2.75) is 56.4 Å². The molecular formula is C23H27N5O4S2. The van der Waals surface area contributed by atoms with Crippen LogP contribution >= 0.6 is 11.3 Å². The number of thiophene rings is 1. The highest BCUT2D eigenvalue weighted by atomic mass is 32.2. The van der Waals surface area contributed by atoms with Gasteiger partial charge in [0, 0.05) is 36.0 Å². The lowest BCUT2D eigenvalue weighted by Gasteiger charge is -2.30. The fourth-order valence-electron chi connectivity index (χ4n) is 4.31. The molecule has 0 atom stereocenters. The number of piperidine rings is 1. The van der Waals surface area contributed by atoms with Crippen molar-refractivity contribution in [1.82, 2.24) is 24.7 Å². The second-order valence-electron chi connectivity index (χ2n) is 8.83. The molecule has 4 heterocycles. The summed E-state index contributed by atoms with van der Waals surface area (Å²) in [6, 6.07) is 7.21. The van der Waals surface area contributed by atoms with Crippen molar-refractivity contribution in [3.8, 4) is 10.7 Å². The number of aromatic nitrogens is 3. The summed E-state index contributed by atoms with van der Waals surface area (Å²) in [5.41, 5.74) is 0.793. The summed E-state index contributed by atoms with van der Waals surface area (Å²) in [6.07, 6.45) is 5.95. The number of carbonyl (C=O) groups excluding carboxylic acids is 1. The number of aryl methyl sites for hydroxylation is 1. The Labute approximate surface area is 202 Å². The molecule has 1 aliphatic carbocycles. The van der Waals surface area contributed by atoms with Crippen molar-refractivity contribution in [1.29, 1.82) is 0 Å². The van der Waals surface area contributed by atoms with Crippen LogP contribution in [0.2, 0.25) is 0 Å². The summed E-state index contributed by atoms with van der Waals surface area (Å²) in [4.78, 5) is 22.9. The second-order valence-corrected chi connectivity index (χ2v) is 12.0. The van der Waals surface area contributed by atoms with Gasteiger partial charge in [0.25, 0.3) is 0 Å². The minimum absolute atomic E-state index is 0.0592. The summed E-state index contributed by atoms with van der Waals surface area (Å²) in [6.45, 7) is 2.78. The van der Waals surface area contributed by atoms with Crippen LogP contribution < -0.4 is 5.32 Å². The predicted molar refractivity (Wildman–Crippen MR) is 127 cm³/mol. The lowest BCUT2D eigenvalue weighted by atomic mass is 9.85. The molecule has 0 unspecified atom stereocenters. The van der Waals surface area contributed by atoms with Crippen LogP contribution in [0.5, 0.6) is 0 Å². The Morgan fingerprint density at radius 1 is 1.24 bits per heavy atom. The van der Waals surface area contributed by atoms with Gasteiger partial charge in [-0.25, -0.2) is 8.42 Å². The molecule has 3 aromatic heterocycles. The van der Waals surface area contributed by atoms with Crippen LogP contribution in [-0.4, -0.2) is 46.8 Å². The van der Waals surface area contributed by atoms with Gasteiger partial charge in [-0.2, -0.15) is 9.29 Å². The Hall–Kier alpha value is -2.63. The van der Waals surface area contributed by atoms with E-state index in [0.29, 0.717) is 59.9 Å². The van der Waals surface area contributed by atoms with Gasteiger partial charge in [0.2, 0.25) is 27.6 Å². The zero-order valence-corrected chi connectivity index (χ0v) is 20.6. The topological polar surface area (TPSA) is 118 Å². The number of hydrogen-bond acceptors (Lipinski definition) is 8. The SMILES string of the molecule is Cc1sc(-c2noc(C3CCC3)n2)cc1S(=O)(=O)N1CCC(C(=O)NCc2ccccn2)CC1. The second kappa shape index (κ2) is 9.55. The van der Waals surface area contributed by atoms with Crippen LogP contribution in [0.25, 0.3) is 10.7 Å². The molecule has 0 spiro atoms. The fraction of sp³-hybridized carbons (Fsp3) is 0.478. The first kappa shape index (κ1) is 23.1. The quantitative estimate of drug-likeness (QED) is 0.526. The van der Waals surface area contributed by atoms with E-state index < -0.39 is 10.0 Å². The highest BCUT2D eigenvalue weighted by Crippen LogP contribution is 2.38. The summed E-state index contributed by atoms with van der Waals surface area (Å²) in [5.74, 6) is 1.14. The van der Waals surface area contributed by atoms with Crippen LogP contribution in [0.4, 0.5) is 0 Å². The smallest absolute Gasteiger partial charge is 0.244 e. The van der Waals surface area contributed by atoms with E-state index in [4.69, 9.17) is 4.52 Å². The van der Waals surface area contributed by atoms with Crippen molar-refractivity contribution in [2.24, 2.45) is 5.92 Å². The van der Waals surface area contributed by atoms with Crippen molar-refractivity contribution >= 4 is 27.3 Å². The Kier molecular flexibility index (Phi) is 6.50. The monoisotopic (exact) mass is 501 g/mol.